The van der Waals surface area contributed by atoms with E-state index < -0.39 is 21.8 Å². The van der Waals surface area contributed by atoms with E-state index in [0.29, 0.717) is 28.1 Å². The molecule has 1 amide bonds. The number of nitrogens with zero attached hydrogens (tertiary/aromatic N) is 2. The molecule has 0 aliphatic heterocycles. The number of amides is 1. The maximum Gasteiger partial charge on any atom is 1.00 e. The molecule has 0 fully saturated rings. The van der Waals surface area contributed by atoms with Crippen LogP contribution in [0, 0.1) is 6.92 Å². The third kappa shape index (κ3) is 6.72. The molecule has 4 aromatic rings. The second kappa shape index (κ2) is 12.6. The molecule has 0 saturated carbocycles. The Kier molecular flexibility index (Phi) is 10.0. The van der Waals surface area contributed by atoms with E-state index in [0.717, 1.165) is 6.07 Å². The Bertz CT molecular complexity index is 1710. The van der Waals surface area contributed by atoms with E-state index in [-0.39, 0.29) is 67.7 Å². The fourth-order valence-corrected chi connectivity index (χ4v) is 5.00. The number of para-hydroxylation sites is 1. The van der Waals surface area contributed by atoms with Crippen LogP contribution in [0.2, 0.25) is 10.0 Å². The Morgan fingerprint density at radius 2 is 1.77 bits per heavy atom. The van der Waals surface area contributed by atoms with Crippen LogP contribution in [0.25, 0.3) is 10.8 Å². The van der Waals surface area contributed by atoms with Crippen LogP contribution in [0.4, 0.5) is 17.1 Å². The molecule has 13 heteroatoms. The molecule has 9 nitrogen and oxygen atoms in total. The number of azo groups is 1. The molecule has 196 valence electrons. The van der Waals surface area contributed by atoms with Gasteiger partial charge in [-0.25, -0.2) is 0 Å². The number of nitrogens with one attached hydrogen (secondary N) is 1. The van der Waals surface area contributed by atoms with Crippen molar-refractivity contribution >= 4 is 67.1 Å². The summed E-state index contributed by atoms with van der Waals surface area (Å²) in [4.78, 5) is 12.8. The summed E-state index contributed by atoms with van der Waals surface area (Å²) in [5.41, 5.74) is 0.232. The maximum absolute atomic E-state index is 13.4. The first-order valence-electron chi connectivity index (χ1n) is 11.2. The van der Waals surface area contributed by atoms with Gasteiger partial charge in [0.05, 0.1) is 32.9 Å². The number of fused-ring (bicyclic) bond motifs is 1. The molecule has 4 aromatic carbocycles. The number of ether oxygens (including phenoxy) is 1. The first kappa shape index (κ1) is 30.8. The second-order valence-electron chi connectivity index (χ2n) is 8.07. The van der Waals surface area contributed by atoms with Gasteiger partial charge in [-0.3, -0.25) is 9.35 Å². The second-order valence-corrected chi connectivity index (χ2v) is 10.3. The third-order valence-corrected chi connectivity index (χ3v) is 7.10. The van der Waals surface area contributed by atoms with E-state index >= 15 is 0 Å². The largest absolute Gasteiger partial charge is 1.00 e. The van der Waals surface area contributed by atoms with Crippen LogP contribution in [0.3, 0.4) is 0 Å². The minimum Gasteiger partial charge on any atom is -0.870 e. The number of rotatable bonds is 7. The van der Waals surface area contributed by atoms with Gasteiger partial charge in [0.25, 0.3) is 16.0 Å². The quantitative estimate of drug-likeness (QED) is 0.189. The summed E-state index contributed by atoms with van der Waals surface area (Å²) >= 11 is 12.4. The van der Waals surface area contributed by atoms with Gasteiger partial charge in [-0.2, -0.15) is 13.5 Å². The van der Waals surface area contributed by atoms with Crippen molar-refractivity contribution in [1.82, 2.24) is 0 Å². The van der Waals surface area contributed by atoms with E-state index in [2.05, 4.69) is 15.5 Å². The van der Waals surface area contributed by atoms with Crippen LogP contribution in [-0.2, 0) is 10.1 Å². The number of hydrogen-bond donors (Lipinski definition) is 2. The molecule has 0 radical (unpaired) electrons. The van der Waals surface area contributed by atoms with Gasteiger partial charge in [0, 0.05) is 10.9 Å². The number of anilines is 1. The van der Waals surface area contributed by atoms with Crippen molar-refractivity contribution in [3.05, 3.63) is 81.8 Å². The first-order valence-corrected chi connectivity index (χ1v) is 13.4. The summed E-state index contributed by atoms with van der Waals surface area (Å²) in [7, 11) is -4.49. The predicted octanol–water partition coefficient (Wildman–Crippen LogP) is 3.85. The molecule has 0 unspecified atom stereocenters. The van der Waals surface area contributed by atoms with Gasteiger partial charge in [0.1, 0.15) is 5.69 Å². The Balaban J connectivity index is 0.00000420. The molecule has 0 aromatic heterocycles. The molecule has 4 rings (SSSR count). The fourth-order valence-electron chi connectivity index (χ4n) is 3.77. The Morgan fingerprint density at radius 3 is 2.46 bits per heavy atom. The van der Waals surface area contributed by atoms with Gasteiger partial charge in [0.2, 0.25) is 0 Å². The Morgan fingerprint density at radius 1 is 1.05 bits per heavy atom. The first-order chi connectivity index (χ1) is 18.0. The topological polar surface area (TPSA) is 140 Å². The van der Waals surface area contributed by atoms with Gasteiger partial charge in [0.15, 0.2) is 5.75 Å². The van der Waals surface area contributed by atoms with Crippen LogP contribution < -0.4 is 44.7 Å². The smallest absolute Gasteiger partial charge is 0.870 e. The molecule has 0 spiro atoms. The third-order valence-electron chi connectivity index (χ3n) is 5.50. The SMILES string of the molecule is CCOc1c(Cl)cccc1NC(=O)c1cc2ccccc2c(N=Nc2cc(C)c(S(=O)(=O)O)cc2Cl)c1[O-].[Na+]. The predicted molar refractivity (Wildman–Crippen MR) is 144 cm³/mol. The van der Waals surface area contributed by atoms with E-state index in [1.54, 1.807) is 49.4 Å². The van der Waals surface area contributed by atoms with Gasteiger partial charge >= 0.3 is 29.6 Å². The fraction of sp³-hybridized carbons (Fsp3) is 0.115. The molecular formula is C26H20Cl2N3NaO6S. The summed E-state index contributed by atoms with van der Waals surface area (Å²) in [5.74, 6) is -1.12. The molecule has 0 aliphatic carbocycles. The van der Waals surface area contributed by atoms with E-state index in [4.69, 9.17) is 27.9 Å². The van der Waals surface area contributed by atoms with E-state index in [1.807, 2.05) is 0 Å². The molecule has 0 bridgehead atoms. The monoisotopic (exact) mass is 595 g/mol. The number of aryl methyl sites for hydroxylation is 1. The van der Waals surface area contributed by atoms with E-state index in [9.17, 15) is 22.9 Å². The van der Waals surface area contributed by atoms with Crippen molar-refractivity contribution in [1.29, 1.82) is 0 Å². The van der Waals surface area contributed by atoms with Gasteiger partial charge < -0.3 is 15.2 Å². The van der Waals surface area contributed by atoms with Gasteiger partial charge in [-0.15, -0.1) is 5.11 Å². The average Bonchev–Trinajstić information content (AvgIpc) is 2.86. The zero-order valence-corrected chi connectivity index (χ0v) is 25.4. The molecule has 2 N–H and O–H groups in total. The van der Waals surface area contributed by atoms with Gasteiger partial charge in [-0.1, -0.05) is 59.3 Å². The summed E-state index contributed by atoms with van der Waals surface area (Å²) in [6.45, 7) is 3.53. The zero-order chi connectivity index (χ0) is 27.6. The van der Waals surface area contributed by atoms with Crippen molar-refractivity contribution in [2.45, 2.75) is 18.7 Å². The standard InChI is InChI=1S/C26H21Cl2N3O6S.Na/c1-3-37-25-18(27)9-6-10-20(25)29-26(33)17-12-15-7-4-5-8-16(15)23(24(17)32)31-30-21-11-14(2)22(13-19(21)28)38(34,35)36;/h4-13,32H,3H2,1-2H3,(H,29,33)(H,34,35,36);/q;+1/p-1. The number of hydrogen-bond acceptors (Lipinski definition) is 7. The average molecular weight is 596 g/mol. The van der Waals surface area contributed by atoms with Crippen molar-refractivity contribution in [3.63, 3.8) is 0 Å². The number of carbonyl (C=O) groups is 1. The minimum atomic E-state index is -4.49. The van der Waals surface area contributed by atoms with Crippen LogP contribution >= 0.6 is 23.2 Å². The van der Waals surface area contributed by atoms with Crippen LogP contribution in [0.1, 0.15) is 22.8 Å². The summed E-state index contributed by atoms with van der Waals surface area (Å²) in [6.07, 6.45) is 0. The number of benzene rings is 4. The van der Waals surface area contributed by atoms with E-state index in [1.165, 1.54) is 19.1 Å². The van der Waals surface area contributed by atoms with Crippen molar-refractivity contribution < 1.29 is 57.2 Å². The molecule has 0 atom stereocenters. The minimum absolute atomic E-state index is 0. The summed E-state index contributed by atoms with van der Waals surface area (Å²) < 4.78 is 38.0. The molecule has 0 aliphatic rings. The Hall–Kier alpha value is -2.70. The molecule has 39 heavy (non-hydrogen) atoms. The Labute approximate surface area is 256 Å². The molecule has 0 saturated heterocycles. The zero-order valence-electron chi connectivity index (χ0n) is 21.0. The molecular weight excluding hydrogens is 576 g/mol. The normalized spacial score (nSPS) is 11.4. The number of halogens is 2. The molecule has 0 heterocycles. The van der Waals surface area contributed by atoms with Crippen LogP contribution in [0.15, 0.2) is 75.8 Å². The van der Waals surface area contributed by atoms with Crippen molar-refractivity contribution in [2.24, 2.45) is 10.2 Å². The van der Waals surface area contributed by atoms with Gasteiger partial charge in [-0.05, 0) is 55.1 Å². The summed E-state index contributed by atoms with van der Waals surface area (Å²) in [5, 5.41) is 25.5. The summed E-state index contributed by atoms with van der Waals surface area (Å²) in [6, 6.07) is 15.5. The van der Waals surface area contributed by atoms with Crippen LogP contribution in [-0.4, -0.2) is 25.5 Å². The van der Waals surface area contributed by atoms with Crippen molar-refractivity contribution in [3.8, 4) is 11.5 Å². The number of carbonyl (C=O) groups excluding carboxylic acids is 1. The van der Waals surface area contributed by atoms with Crippen LogP contribution in [0.5, 0.6) is 11.5 Å². The van der Waals surface area contributed by atoms with Crippen molar-refractivity contribution in [2.75, 3.05) is 11.9 Å². The maximum atomic E-state index is 13.4.